The average Bonchev–Trinajstić information content (AvgIpc) is 2.56. The van der Waals surface area contributed by atoms with Crippen LogP contribution in [0.2, 0.25) is 0 Å². The Balaban J connectivity index is 1.76. The Morgan fingerprint density at radius 2 is 2.24 bits per heavy atom. The van der Waals surface area contributed by atoms with Crippen molar-refractivity contribution in [1.29, 1.82) is 0 Å². The first kappa shape index (κ1) is 19.2. The number of piperazine rings is 1. The van der Waals surface area contributed by atoms with Crippen LogP contribution in [0.4, 0.5) is 5.82 Å². The molecule has 0 bridgehead atoms. The fourth-order valence-corrected chi connectivity index (χ4v) is 2.97. The largest absolute Gasteiger partial charge is 0.368 e. The van der Waals surface area contributed by atoms with Gasteiger partial charge in [0, 0.05) is 38.9 Å². The van der Waals surface area contributed by atoms with Crippen molar-refractivity contribution in [3.8, 4) is 0 Å². The van der Waals surface area contributed by atoms with Gasteiger partial charge < -0.3 is 16.0 Å². The second-order valence-electron chi connectivity index (χ2n) is 6.85. The van der Waals surface area contributed by atoms with Crippen molar-refractivity contribution in [2.24, 2.45) is 5.92 Å². The minimum atomic E-state index is -0.373. The molecule has 1 saturated heterocycles. The summed E-state index contributed by atoms with van der Waals surface area (Å²) < 4.78 is 0. The van der Waals surface area contributed by atoms with Gasteiger partial charge in [-0.2, -0.15) is 0 Å². The molecule has 1 fully saturated rings. The van der Waals surface area contributed by atoms with Crippen molar-refractivity contribution in [1.82, 2.24) is 20.5 Å². The number of nitrogens with zero attached hydrogens (tertiary/aromatic N) is 2. The van der Waals surface area contributed by atoms with E-state index in [2.05, 4.69) is 39.7 Å². The fourth-order valence-electron chi connectivity index (χ4n) is 2.97. The van der Waals surface area contributed by atoms with Gasteiger partial charge >= 0.3 is 0 Å². The molecule has 2 rings (SSSR count). The molecule has 0 spiro atoms. The number of pyridine rings is 1. The molecule has 7 heteroatoms. The van der Waals surface area contributed by atoms with Crippen LogP contribution in [0.1, 0.15) is 25.8 Å². The number of carbonyl (C=O) groups excluding carboxylic acids is 2. The quantitative estimate of drug-likeness (QED) is 0.605. The van der Waals surface area contributed by atoms with Gasteiger partial charge in [-0.25, -0.2) is 4.98 Å². The number of carbonyl (C=O) groups is 2. The maximum absolute atomic E-state index is 12.2. The summed E-state index contributed by atoms with van der Waals surface area (Å²) in [5.41, 5.74) is 1.07. The summed E-state index contributed by atoms with van der Waals surface area (Å²) in [6.07, 6.45) is 1.93. The van der Waals surface area contributed by atoms with Gasteiger partial charge in [0.2, 0.25) is 11.8 Å². The minimum absolute atomic E-state index is 0.0516. The zero-order chi connectivity index (χ0) is 18.2. The van der Waals surface area contributed by atoms with Crippen LogP contribution >= 0.6 is 0 Å². The first-order valence-electron chi connectivity index (χ1n) is 8.91. The molecule has 1 aliphatic heterocycles. The highest BCUT2D eigenvalue weighted by atomic mass is 16.2. The Labute approximate surface area is 149 Å². The van der Waals surface area contributed by atoms with E-state index in [1.54, 1.807) is 6.20 Å². The summed E-state index contributed by atoms with van der Waals surface area (Å²) in [5, 5.41) is 8.93. The normalized spacial score (nSPS) is 18.1. The van der Waals surface area contributed by atoms with Gasteiger partial charge in [-0.3, -0.25) is 14.5 Å². The lowest BCUT2D eigenvalue weighted by Crippen LogP contribution is -2.57. The van der Waals surface area contributed by atoms with Crippen molar-refractivity contribution >= 4 is 17.6 Å². The van der Waals surface area contributed by atoms with Crippen LogP contribution in [0, 0.1) is 12.8 Å². The fraction of sp³-hybridized carbons (Fsp3) is 0.611. The highest BCUT2D eigenvalue weighted by Gasteiger charge is 2.31. The summed E-state index contributed by atoms with van der Waals surface area (Å²) in [6.45, 7) is 9.58. The maximum atomic E-state index is 12.2. The summed E-state index contributed by atoms with van der Waals surface area (Å²) in [7, 11) is 0. The van der Waals surface area contributed by atoms with E-state index in [1.807, 2.05) is 19.1 Å². The van der Waals surface area contributed by atoms with Crippen LogP contribution in [0.3, 0.4) is 0 Å². The smallest absolute Gasteiger partial charge is 0.237 e. The van der Waals surface area contributed by atoms with Crippen molar-refractivity contribution in [2.75, 3.05) is 38.0 Å². The number of rotatable bonds is 8. The Kier molecular flexibility index (Phi) is 7.18. The topological polar surface area (TPSA) is 86.4 Å². The number of aryl methyl sites for hydroxylation is 1. The maximum Gasteiger partial charge on any atom is 0.237 e. The molecular formula is C18H29N5O2. The molecule has 2 heterocycles. The van der Waals surface area contributed by atoms with Gasteiger partial charge in [0.25, 0.3) is 0 Å². The lowest BCUT2D eigenvalue weighted by Gasteiger charge is -2.35. The summed E-state index contributed by atoms with van der Waals surface area (Å²) >= 11 is 0. The van der Waals surface area contributed by atoms with Gasteiger partial charge in [-0.1, -0.05) is 19.9 Å². The third kappa shape index (κ3) is 6.01. The van der Waals surface area contributed by atoms with Crippen molar-refractivity contribution in [3.05, 3.63) is 23.9 Å². The van der Waals surface area contributed by atoms with Crippen LogP contribution in [0.5, 0.6) is 0 Å². The zero-order valence-corrected chi connectivity index (χ0v) is 15.3. The molecule has 0 aromatic carbocycles. The van der Waals surface area contributed by atoms with E-state index in [0.29, 0.717) is 25.6 Å². The molecule has 1 atom stereocenters. The number of hydrogen-bond acceptors (Lipinski definition) is 5. The zero-order valence-electron chi connectivity index (χ0n) is 15.3. The number of aromatic nitrogens is 1. The van der Waals surface area contributed by atoms with E-state index in [0.717, 1.165) is 24.5 Å². The summed E-state index contributed by atoms with van der Waals surface area (Å²) in [6, 6.07) is 3.50. The van der Waals surface area contributed by atoms with Gasteiger partial charge in [0.1, 0.15) is 5.82 Å². The average molecular weight is 347 g/mol. The monoisotopic (exact) mass is 347 g/mol. The van der Waals surface area contributed by atoms with Gasteiger partial charge in [-0.15, -0.1) is 0 Å². The van der Waals surface area contributed by atoms with Gasteiger partial charge in [-0.05, 0) is 24.5 Å². The number of anilines is 1. The van der Waals surface area contributed by atoms with Crippen LogP contribution in [-0.4, -0.2) is 60.5 Å². The highest BCUT2D eigenvalue weighted by molar-refractivity contribution is 5.88. The van der Waals surface area contributed by atoms with Crippen LogP contribution in [0.15, 0.2) is 18.3 Å². The number of nitrogens with one attached hydrogen (secondary N) is 3. The van der Waals surface area contributed by atoms with Crippen LogP contribution < -0.4 is 16.0 Å². The Morgan fingerprint density at radius 3 is 2.96 bits per heavy atom. The minimum Gasteiger partial charge on any atom is -0.368 e. The van der Waals surface area contributed by atoms with Crippen LogP contribution in [0.25, 0.3) is 0 Å². The van der Waals surface area contributed by atoms with E-state index in [-0.39, 0.29) is 24.3 Å². The Morgan fingerprint density at radius 1 is 1.44 bits per heavy atom. The predicted octanol–water partition coefficient (Wildman–Crippen LogP) is 0.765. The molecule has 3 N–H and O–H groups in total. The lowest BCUT2D eigenvalue weighted by atomic mass is 10.1. The third-order valence-corrected chi connectivity index (χ3v) is 4.17. The van der Waals surface area contributed by atoms with E-state index >= 15 is 0 Å². The second-order valence-corrected chi connectivity index (χ2v) is 6.85. The standard InChI is InChI=1S/C18H29N5O2/c1-13(2)12-23-10-9-22-18(25)15(23)11-16(24)19-7-8-21-17-14(3)5-4-6-20-17/h4-6,13,15H,7-12H2,1-3H3,(H,19,24)(H,20,21)(H,22,25)/t15-/m1/s1. The van der Waals surface area contributed by atoms with E-state index in [4.69, 9.17) is 0 Å². The Hall–Kier alpha value is -2.15. The molecule has 1 aromatic rings. The second kappa shape index (κ2) is 9.36. The number of amides is 2. The van der Waals surface area contributed by atoms with E-state index in [1.165, 1.54) is 0 Å². The Bertz CT molecular complexity index is 591. The van der Waals surface area contributed by atoms with Crippen molar-refractivity contribution in [2.45, 2.75) is 33.2 Å². The van der Waals surface area contributed by atoms with Crippen molar-refractivity contribution < 1.29 is 9.59 Å². The molecule has 0 unspecified atom stereocenters. The molecule has 1 aromatic heterocycles. The van der Waals surface area contributed by atoms with Crippen molar-refractivity contribution in [3.63, 3.8) is 0 Å². The molecule has 1 aliphatic rings. The first-order valence-corrected chi connectivity index (χ1v) is 8.91. The summed E-state index contributed by atoms with van der Waals surface area (Å²) in [5.74, 6) is 1.13. The molecule has 0 saturated carbocycles. The van der Waals surface area contributed by atoms with Gasteiger partial charge in [0.15, 0.2) is 0 Å². The molecule has 7 nitrogen and oxygen atoms in total. The van der Waals surface area contributed by atoms with Gasteiger partial charge in [0.05, 0.1) is 12.5 Å². The molecule has 25 heavy (non-hydrogen) atoms. The first-order chi connectivity index (χ1) is 12.0. The highest BCUT2D eigenvalue weighted by Crippen LogP contribution is 2.12. The van der Waals surface area contributed by atoms with E-state index in [9.17, 15) is 9.59 Å². The molecule has 0 radical (unpaired) electrons. The summed E-state index contributed by atoms with van der Waals surface area (Å²) in [4.78, 5) is 30.7. The lowest BCUT2D eigenvalue weighted by molar-refractivity contribution is -0.134. The molecule has 138 valence electrons. The molecular weight excluding hydrogens is 318 g/mol. The third-order valence-electron chi connectivity index (χ3n) is 4.17. The van der Waals surface area contributed by atoms with E-state index < -0.39 is 0 Å². The number of hydrogen-bond donors (Lipinski definition) is 3. The predicted molar refractivity (Wildman–Crippen MR) is 98.3 cm³/mol. The van der Waals surface area contributed by atoms with Crippen LogP contribution in [-0.2, 0) is 9.59 Å². The molecule has 2 amide bonds. The SMILES string of the molecule is Cc1cccnc1NCCNC(=O)C[C@@H]1C(=O)NCCN1CC(C)C. The molecule has 0 aliphatic carbocycles.